The second-order valence-corrected chi connectivity index (χ2v) is 7.51. The van der Waals surface area contributed by atoms with Crippen molar-refractivity contribution >= 4 is 46.4 Å². The fourth-order valence-electron chi connectivity index (χ4n) is 2.63. The van der Waals surface area contributed by atoms with Gasteiger partial charge in [-0.1, -0.05) is 70.7 Å². The number of aryl methyl sites for hydroxylation is 1. The number of carbonyl (C=O) groups excluding carboxylic acids is 1. The lowest BCUT2D eigenvalue weighted by Crippen LogP contribution is -2.13. The molecule has 4 nitrogen and oxygen atoms in total. The van der Waals surface area contributed by atoms with Gasteiger partial charge >= 0.3 is 0 Å². The number of methoxy groups -OCH3 is 1. The molecule has 7 heteroatoms. The van der Waals surface area contributed by atoms with Crippen LogP contribution < -0.4 is 14.8 Å². The van der Waals surface area contributed by atoms with Crippen LogP contribution in [0.5, 0.6) is 11.5 Å². The second-order valence-electron chi connectivity index (χ2n) is 6.32. The van der Waals surface area contributed by atoms with Crippen molar-refractivity contribution in [1.82, 2.24) is 0 Å². The number of anilines is 1. The summed E-state index contributed by atoms with van der Waals surface area (Å²) in [4.78, 5) is 12.7. The van der Waals surface area contributed by atoms with E-state index in [0.29, 0.717) is 34.4 Å². The molecule has 0 aromatic heterocycles. The highest BCUT2D eigenvalue weighted by atomic mass is 35.5. The van der Waals surface area contributed by atoms with E-state index in [4.69, 9.17) is 44.3 Å². The molecule has 0 saturated heterocycles. The molecule has 150 valence electrons. The van der Waals surface area contributed by atoms with Crippen molar-refractivity contribution in [1.29, 1.82) is 0 Å². The molecule has 0 spiro atoms. The molecular formula is C22H18Cl3NO3. The molecule has 0 saturated carbocycles. The van der Waals surface area contributed by atoms with Crippen molar-refractivity contribution in [2.45, 2.75) is 13.5 Å². The van der Waals surface area contributed by atoms with E-state index in [-0.39, 0.29) is 10.0 Å². The van der Waals surface area contributed by atoms with Crippen LogP contribution in [-0.4, -0.2) is 13.0 Å². The van der Waals surface area contributed by atoms with Crippen LogP contribution in [0, 0.1) is 6.92 Å². The van der Waals surface area contributed by atoms with E-state index in [9.17, 15) is 4.79 Å². The monoisotopic (exact) mass is 449 g/mol. The molecule has 29 heavy (non-hydrogen) atoms. The Hall–Kier alpha value is -2.40. The number of rotatable bonds is 6. The Morgan fingerprint density at radius 3 is 2.41 bits per heavy atom. The molecule has 0 bridgehead atoms. The summed E-state index contributed by atoms with van der Waals surface area (Å²) < 4.78 is 11.2. The predicted octanol–water partition coefficient (Wildman–Crippen LogP) is 6.80. The van der Waals surface area contributed by atoms with Gasteiger partial charge in [-0.3, -0.25) is 4.79 Å². The smallest absolute Gasteiger partial charge is 0.255 e. The number of benzene rings is 3. The lowest BCUT2D eigenvalue weighted by atomic mass is 10.1. The number of hydrogen-bond acceptors (Lipinski definition) is 3. The first-order chi connectivity index (χ1) is 13.9. The SMILES string of the molecule is COc1cc(C(=O)Nc2cccc(Cl)c2Cl)cc(Cl)c1OCc1ccc(C)cc1. The Labute approximate surface area is 184 Å². The minimum atomic E-state index is -0.403. The zero-order valence-corrected chi connectivity index (χ0v) is 18.0. The molecule has 3 rings (SSSR count). The third kappa shape index (κ3) is 5.15. The molecule has 0 unspecified atom stereocenters. The van der Waals surface area contributed by atoms with Crippen molar-refractivity contribution in [3.63, 3.8) is 0 Å². The van der Waals surface area contributed by atoms with Gasteiger partial charge in [0, 0.05) is 5.56 Å². The van der Waals surface area contributed by atoms with Crippen LogP contribution in [0.4, 0.5) is 5.69 Å². The highest BCUT2D eigenvalue weighted by Gasteiger charge is 2.17. The first-order valence-electron chi connectivity index (χ1n) is 8.70. The van der Waals surface area contributed by atoms with Gasteiger partial charge in [-0.15, -0.1) is 0 Å². The number of carbonyl (C=O) groups is 1. The van der Waals surface area contributed by atoms with Crippen LogP contribution in [0.25, 0.3) is 0 Å². The number of nitrogens with one attached hydrogen (secondary N) is 1. The Kier molecular flexibility index (Phi) is 6.91. The third-order valence-corrected chi connectivity index (χ3v) is 5.29. The first kappa shape index (κ1) is 21.3. The predicted molar refractivity (Wildman–Crippen MR) is 118 cm³/mol. The summed E-state index contributed by atoms with van der Waals surface area (Å²) in [5.41, 5.74) is 2.86. The fourth-order valence-corrected chi connectivity index (χ4v) is 3.24. The van der Waals surface area contributed by atoms with Crippen molar-refractivity contribution in [3.8, 4) is 11.5 Å². The Bertz CT molecular complexity index is 1040. The fraction of sp³-hybridized carbons (Fsp3) is 0.136. The van der Waals surface area contributed by atoms with Gasteiger partial charge in [0.25, 0.3) is 5.91 Å². The summed E-state index contributed by atoms with van der Waals surface area (Å²) >= 11 is 18.5. The summed E-state index contributed by atoms with van der Waals surface area (Å²) in [6.07, 6.45) is 0. The summed E-state index contributed by atoms with van der Waals surface area (Å²) in [7, 11) is 1.49. The number of amides is 1. The van der Waals surface area contributed by atoms with Crippen LogP contribution in [0.15, 0.2) is 54.6 Å². The molecule has 1 amide bonds. The van der Waals surface area contributed by atoms with E-state index in [1.54, 1.807) is 24.3 Å². The zero-order chi connectivity index (χ0) is 21.0. The summed E-state index contributed by atoms with van der Waals surface area (Å²) in [6.45, 7) is 2.34. The van der Waals surface area contributed by atoms with Gasteiger partial charge in [0.15, 0.2) is 11.5 Å². The van der Waals surface area contributed by atoms with Crippen molar-refractivity contribution in [2.24, 2.45) is 0 Å². The van der Waals surface area contributed by atoms with Gasteiger partial charge in [0.05, 0.1) is 27.9 Å². The van der Waals surface area contributed by atoms with E-state index in [0.717, 1.165) is 5.56 Å². The molecule has 3 aromatic rings. The number of hydrogen-bond donors (Lipinski definition) is 1. The van der Waals surface area contributed by atoms with E-state index in [2.05, 4.69) is 5.32 Å². The summed E-state index contributed by atoms with van der Waals surface area (Å²) in [6, 6.07) is 16.0. The van der Waals surface area contributed by atoms with Gasteiger partial charge < -0.3 is 14.8 Å². The van der Waals surface area contributed by atoms with Gasteiger partial charge in [0.2, 0.25) is 0 Å². The average Bonchev–Trinajstić information content (AvgIpc) is 2.71. The molecule has 0 aliphatic heterocycles. The minimum absolute atomic E-state index is 0.263. The molecule has 1 N–H and O–H groups in total. The van der Waals surface area contributed by atoms with Crippen LogP contribution >= 0.6 is 34.8 Å². The normalized spacial score (nSPS) is 10.5. The molecular weight excluding hydrogens is 433 g/mol. The minimum Gasteiger partial charge on any atom is -0.493 e. The quantitative estimate of drug-likeness (QED) is 0.449. The topological polar surface area (TPSA) is 47.6 Å². The number of ether oxygens (including phenoxy) is 2. The van der Waals surface area contributed by atoms with Gasteiger partial charge in [-0.25, -0.2) is 0 Å². The molecule has 3 aromatic carbocycles. The van der Waals surface area contributed by atoms with Gasteiger partial charge in [-0.05, 0) is 36.8 Å². The average molecular weight is 451 g/mol. The van der Waals surface area contributed by atoms with Gasteiger partial charge in [-0.2, -0.15) is 0 Å². The maximum atomic E-state index is 12.7. The molecule has 0 aliphatic carbocycles. The molecule has 0 heterocycles. The first-order valence-corrected chi connectivity index (χ1v) is 9.83. The zero-order valence-electron chi connectivity index (χ0n) is 15.8. The Morgan fingerprint density at radius 1 is 1.00 bits per heavy atom. The second kappa shape index (κ2) is 9.40. The third-order valence-electron chi connectivity index (χ3n) is 4.20. The van der Waals surface area contributed by atoms with Gasteiger partial charge in [0.1, 0.15) is 6.61 Å². The van der Waals surface area contributed by atoms with Crippen LogP contribution in [-0.2, 0) is 6.61 Å². The maximum Gasteiger partial charge on any atom is 0.255 e. The lowest BCUT2D eigenvalue weighted by molar-refractivity contribution is 0.102. The number of halogens is 3. The van der Waals surface area contributed by atoms with Crippen molar-refractivity contribution in [2.75, 3.05) is 12.4 Å². The molecule has 0 fully saturated rings. The van der Waals surface area contributed by atoms with E-state index in [1.807, 2.05) is 31.2 Å². The summed E-state index contributed by atoms with van der Waals surface area (Å²) in [5, 5.41) is 3.59. The van der Waals surface area contributed by atoms with Crippen molar-refractivity contribution in [3.05, 3.63) is 86.4 Å². The Balaban J connectivity index is 1.80. The van der Waals surface area contributed by atoms with Crippen LogP contribution in [0.1, 0.15) is 21.5 Å². The van der Waals surface area contributed by atoms with E-state index in [1.165, 1.54) is 18.7 Å². The van der Waals surface area contributed by atoms with Crippen LogP contribution in [0.3, 0.4) is 0 Å². The van der Waals surface area contributed by atoms with E-state index < -0.39 is 5.91 Å². The lowest BCUT2D eigenvalue weighted by Gasteiger charge is -2.15. The standard InChI is InChI=1S/C22H18Cl3NO3/c1-13-6-8-14(9-7-13)12-29-21-17(24)10-15(11-19(21)28-2)22(27)26-18-5-3-4-16(23)20(18)25/h3-11H,12H2,1-2H3,(H,26,27). The highest BCUT2D eigenvalue weighted by molar-refractivity contribution is 6.44. The van der Waals surface area contributed by atoms with Crippen molar-refractivity contribution < 1.29 is 14.3 Å². The summed E-state index contributed by atoms with van der Waals surface area (Å²) in [5.74, 6) is 0.318. The Morgan fingerprint density at radius 2 is 1.72 bits per heavy atom. The maximum absolute atomic E-state index is 12.7. The molecule has 0 atom stereocenters. The largest absolute Gasteiger partial charge is 0.493 e. The molecule has 0 radical (unpaired) electrons. The van der Waals surface area contributed by atoms with E-state index >= 15 is 0 Å². The highest BCUT2D eigenvalue weighted by Crippen LogP contribution is 2.37. The molecule has 0 aliphatic rings. The van der Waals surface area contributed by atoms with Crippen LogP contribution in [0.2, 0.25) is 15.1 Å².